The van der Waals surface area contributed by atoms with Crippen LogP contribution in [0.15, 0.2) is 0 Å². The molecule has 4 N–H and O–H groups in total. The predicted molar refractivity (Wildman–Crippen MR) is 40.2 cm³/mol. The number of hydrogen-bond acceptors (Lipinski definition) is 3. The van der Waals surface area contributed by atoms with Gasteiger partial charge in [-0.15, -0.1) is 0 Å². The smallest absolute Gasteiger partial charge is 1.00 e. The molecule has 1 atom stereocenters. The van der Waals surface area contributed by atoms with Gasteiger partial charge in [-0.05, 0) is 0 Å². The van der Waals surface area contributed by atoms with Gasteiger partial charge >= 0.3 is 138 Å². The van der Waals surface area contributed by atoms with Gasteiger partial charge in [-0.3, -0.25) is 14.2 Å². The fraction of sp³-hybridized carbons (Fsp3) is 0.500. The van der Waals surface area contributed by atoms with Crippen LogP contribution < -0.4 is 118 Å². The Morgan fingerprint density at radius 2 is 1.38 bits per heavy atom. The normalized spacial score (nSPS) is 10.4. The SMILES string of the molecule is O=C(O)CC(C(=O)O)P(=O)(O)O.[H-].[H-].[H-].[H-].[Na+].[Na+].[Na+].[Na+]. The van der Waals surface area contributed by atoms with Crippen LogP contribution in [0.4, 0.5) is 0 Å². The zero-order chi connectivity index (χ0) is 9.94. The number of carbonyl (C=O) groups is 2. The maximum absolute atomic E-state index is 10.4. The van der Waals surface area contributed by atoms with E-state index in [-0.39, 0.29) is 124 Å². The molecule has 0 fully saturated rings. The number of rotatable bonds is 4. The minimum Gasteiger partial charge on any atom is -1.00 e. The Labute approximate surface area is 186 Å². The van der Waals surface area contributed by atoms with E-state index in [1.807, 2.05) is 0 Å². The summed E-state index contributed by atoms with van der Waals surface area (Å²) in [5.41, 5.74) is -2.16. The maximum atomic E-state index is 10.4. The van der Waals surface area contributed by atoms with Gasteiger partial charge in [0.1, 0.15) is 0 Å². The molecule has 0 aromatic carbocycles. The van der Waals surface area contributed by atoms with Crippen molar-refractivity contribution in [2.45, 2.75) is 12.1 Å². The molecule has 0 aliphatic carbocycles. The Hall–Kier alpha value is 3.09. The summed E-state index contributed by atoms with van der Waals surface area (Å²) in [4.78, 5) is 36.8. The molecule has 16 heavy (non-hydrogen) atoms. The van der Waals surface area contributed by atoms with Crippen molar-refractivity contribution in [2.75, 3.05) is 0 Å². The molecule has 0 amide bonds. The Balaban J connectivity index is -0.0000000216. The molecule has 0 aliphatic rings. The maximum Gasteiger partial charge on any atom is 1.00 e. The van der Waals surface area contributed by atoms with Crippen LogP contribution in [0.2, 0.25) is 0 Å². The van der Waals surface area contributed by atoms with Crippen LogP contribution in [-0.4, -0.2) is 37.6 Å². The second-order valence-corrected chi connectivity index (χ2v) is 3.84. The van der Waals surface area contributed by atoms with Gasteiger partial charge in [0, 0.05) is 0 Å². The molecule has 0 aromatic rings. The zero-order valence-corrected chi connectivity index (χ0v) is 18.6. The first kappa shape index (κ1) is 31.5. The molecule has 0 saturated heterocycles. The van der Waals surface area contributed by atoms with Crippen LogP contribution in [0, 0.1) is 0 Å². The molecule has 0 heterocycles. The Morgan fingerprint density at radius 3 is 1.44 bits per heavy atom. The second-order valence-electron chi connectivity index (χ2n) is 2.04. The van der Waals surface area contributed by atoms with Crippen molar-refractivity contribution in [3.8, 4) is 0 Å². The number of hydrogen-bond donors (Lipinski definition) is 4. The topological polar surface area (TPSA) is 132 Å². The molecule has 0 spiro atoms. The first-order valence-corrected chi connectivity index (χ1v) is 4.43. The van der Waals surface area contributed by atoms with Crippen molar-refractivity contribution in [1.29, 1.82) is 0 Å². The third-order valence-corrected chi connectivity index (χ3v) is 2.27. The van der Waals surface area contributed by atoms with E-state index < -0.39 is 31.6 Å². The quantitative estimate of drug-likeness (QED) is 0.299. The van der Waals surface area contributed by atoms with Crippen LogP contribution in [0.3, 0.4) is 0 Å². The van der Waals surface area contributed by atoms with E-state index >= 15 is 0 Å². The second kappa shape index (κ2) is 14.5. The molecule has 0 saturated carbocycles. The summed E-state index contributed by atoms with van der Waals surface area (Å²) >= 11 is 0. The van der Waals surface area contributed by atoms with Crippen LogP contribution in [-0.2, 0) is 14.2 Å². The molecule has 12 heteroatoms. The van der Waals surface area contributed by atoms with Crippen LogP contribution >= 0.6 is 7.60 Å². The van der Waals surface area contributed by atoms with Crippen molar-refractivity contribution in [3.05, 3.63) is 0 Å². The summed E-state index contributed by atoms with van der Waals surface area (Å²) in [7, 11) is -4.87. The summed E-state index contributed by atoms with van der Waals surface area (Å²) in [6, 6.07) is 0. The van der Waals surface area contributed by atoms with E-state index in [9.17, 15) is 14.2 Å². The van der Waals surface area contributed by atoms with Crippen LogP contribution in [0.25, 0.3) is 0 Å². The molecular formula is C4H11Na4O7P. The largest absolute Gasteiger partial charge is 1.00 e. The molecule has 0 rings (SSSR count). The van der Waals surface area contributed by atoms with Crippen molar-refractivity contribution in [3.63, 3.8) is 0 Å². The molecule has 0 bridgehead atoms. The van der Waals surface area contributed by atoms with Gasteiger partial charge in [-0.2, -0.15) is 0 Å². The Bertz CT molecular complexity index is 267. The van der Waals surface area contributed by atoms with Crippen molar-refractivity contribution in [2.24, 2.45) is 0 Å². The van der Waals surface area contributed by atoms with Crippen LogP contribution in [0.1, 0.15) is 12.1 Å². The van der Waals surface area contributed by atoms with Gasteiger partial charge < -0.3 is 25.7 Å². The van der Waals surface area contributed by atoms with Gasteiger partial charge in [-0.25, -0.2) is 0 Å². The first-order valence-electron chi connectivity index (χ1n) is 2.75. The number of carboxylic acid groups (broad SMARTS) is 2. The fourth-order valence-corrected chi connectivity index (χ4v) is 1.20. The van der Waals surface area contributed by atoms with E-state index in [4.69, 9.17) is 20.0 Å². The zero-order valence-electron chi connectivity index (χ0n) is 13.7. The molecular weight excluding hydrogens is 283 g/mol. The van der Waals surface area contributed by atoms with Gasteiger partial charge in [0.15, 0.2) is 5.66 Å². The van der Waals surface area contributed by atoms with Crippen molar-refractivity contribution >= 4 is 19.5 Å². The van der Waals surface area contributed by atoms with Crippen molar-refractivity contribution < 1.29 is 158 Å². The van der Waals surface area contributed by atoms with Gasteiger partial charge in [0.25, 0.3) is 0 Å². The fourth-order valence-electron chi connectivity index (χ4n) is 0.515. The molecule has 0 radical (unpaired) electrons. The van der Waals surface area contributed by atoms with Gasteiger partial charge in [-0.1, -0.05) is 0 Å². The summed E-state index contributed by atoms with van der Waals surface area (Å²) in [6.45, 7) is 0. The monoisotopic (exact) mass is 294 g/mol. The van der Waals surface area contributed by atoms with E-state index in [0.29, 0.717) is 0 Å². The predicted octanol–water partition coefficient (Wildman–Crippen LogP) is -12.4. The van der Waals surface area contributed by atoms with Crippen molar-refractivity contribution in [1.82, 2.24) is 0 Å². The minimum absolute atomic E-state index is 0. The third kappa shape index (κ3) is 15.1. The average molecular weight is 294 g/mol. The summed E-state index contributed by atoms with van der Waals surface area (Å²) in [5.74, 6) is -3.38. The van der Waals surface area contributed by atoms with E-state index in [2.05, 4.69) is 0 Å². The average Bonchev–Trinajstić information content (AvgIpc) is 1.79. The Morgan fingerprint density at radius 1 is 1.06 bits per heavy atom. The van der Waals surface area contributed by atoms with E-state index in [0.717, 1.165) is 0 Å². The molecule has 1 unspecified atom stereocenters. The van der Waals surface area contributed by atoms with E-state index in [1.165, 1.54) is 0 Å². The standard InChI is InChI=1S/C4H7O7P.4Na.4H/c5-3(6)1-2(4(7)8)12(9,10)11;;;;;;;;/h2H,1H2,(H,5,6)(H,7,8)(H2,9,10,11);;;;;;;;/q;4*+1;4*-1. The number of carboxylic acids is 2. The molecule has 78 valence electrons. The Kier molecular flexibility index (Phi) is 28.5. The van der Waals surface area contributed by atoms with Gasteiger partial charge in [0.05, 0.1) is 6.42 Å². The first-order chi connectivity index (χ1) is 5.25. The van der Waals surface area contributed by atoms with Gasteiger partial charge in [0.2, 0.25) is 0 Å². The third-order valence-electron chi connectivity index (χ3n) is 1.06. The summed E-state index contributed by atoms with van der Waals surface area (Å²) in [5, 5.41) is 16.3. The van der Waals surface area contributed by atoms with E-state index in [1.54, 1.807) is 0 Å². The van der Waals surface area contributed by atoms with Crippen LogP contribution in [0.5, 0.6) is 0 Å². The summed E-state index contributed by atoms with van der Waals surface area (Å²) in [6.07, 6.45) is -1.08. The molecule has 0 aliphatic heterocycles. The number of aliphatic carboxylic acids is 2. The summed E-state index contributed by atoms with van der Waals surface area (Å²) < 4.78 is 10.4. The molecule has 7 nitrogen and oxygen atoms in total. The molecule has 0 aromatic heterocycles. The minimum atomic E-state index is -4.87.